The van der Waals surface area contributed by atoms with E-state index in [9.17, 15) is 0 Å². The third-order valence-electron chi connectivity index (χ3n) is 3.12. The summed E-state index contributed by atoms with van der Waals surface area (Å²) in [6, 6.07) is 10.9. The summed E-state index contributed by atoms with van der Waals surface area (Å²) in [5.74, 6) is 0. The molecule has 18 heavy (non-hydrogen) atoms. The zero-order valence-electron chi connectivity index (χ0n) is 10.5. The van der Waals surface area contributed by atoms with Crippen LogP contribution >= 0.6 is 11.3 Å². The van der Waals surface area contributed by atoms with Gasteiger partial charge in [0.15, 0.2) is 0 Å². The summed E-state index contributed by atoms with van der Waals surface area (Å²) in [5.41, 5.74) is 0. The number of rotatable bonds is 3. The Balaban J connectivity index is 1.97. The first-order chi connectivity index (χ1) is 8.65. The highest BCUT2D eigenvalue weighted by molar-refractivity contribution is 7.31. The maximum absolute atomic E-state index is 4.23. The molecule has 5 heteroatoms. The van der Waals surface area contributed by atoms with Crippen molar-refractivity contribution < 1.29 is 0 Å². The highest BCUT2D eigenvalue weighted by atomic mass is 32.1. The van der Waals surface area contributed by atoms with Crippen LogP contribution in [0.15, 0.2) is 43.0 Å². The molecular weight excluding hydrogens is 258 g/mol. The largest absolute Gasteiger partial charge is 0.255 e. The molecule has 2 aromatic heterocycles. The van der Waals surface area contributed by atoms with Crippen LogP contribution in [0.25, 0.3) is 10.1 Å². The van der Waals surface area contributed by atoms with E-state index in [1.54, 1.807) is 6.33 Å². The molecule has 0 bridgehead atoms. The molecule has 0 fully saturated rings. The van der Waals surface area contributed by atoms with Crippen LogP contribution in [0.2, 0.25) is 13.1 Å². The van der Waals surface area contributed by atoms with Crippen LogP contribution in [-0.2, 0) is 6.17 Å². The highest BCUT2D eigenvalue weighted by Crippen LogP contribution is 2.22. The van der Waals surface area contributed by atoms with Gasteiger partial charge in [0.1, 0.15) is 20.7 Å². The maximum Gasteiger partial charge on any atom is 0.137 e. The Morgan fingerprint density at radius 2 is 2.11 bits per heavy atom. The first-order valence-corrected chi connectivity index (χ1v) is 9.99. The Morgan fingerprint density at radius 1 is 1.28 bits per heavy atom. The molecule has 0 atom stereocenters. The van der Waals surface area contributed by atoms with Gasteiger partial charge in [0, 0.05) is 10.9 Å². The minimum atomic E-state index is -1.49. The summed E-state index contributed by atoms with van der Waals surface area (Å²) in [7, 11) is -1.49. The van der Waals surface area contributed by atoms with E-state index in [0.29, 0.717) is 0 Å². The first-order valence-electron chi connectivity index (χ1n) is 5.97. The minimum absolute atomic E-state index is 0.986. The van der Waals surface area contributed by atoms with Crippen molar-refractivity contribution >= 4 is 34.0 Å². The van der Waals surface area contributed by atoms with Gasteiger partial charge < -0.3 is 0 Å². The lowest BCUT2D eigenvalue weighted by Crippen LogP contribution is -2.44. The van der Waals surface area contributed by atoms with Gasteiger partial charge in [-0.2, -0.15) is 5.10 Å². The number of benzene rings is 1. The third-order valence-corrected chi connectivity index (χ3v) is 8.60. The van der Waals surface area contributed by atoms with Crippen molar-refractivity contribution in [2.45, 2.75) is 19.3 Å². The molecule has 2 heterocycles. The SMILES string of the molecule is C[Si](C)(Cn1cncn1)c1cc2ccccc2s1. The van der Waals surface area contributed by atoms with Gasteiger partial charge in [-0.3, -0.25) is 4.68 Å². The van der Waals surface area contributed by atoms with Crippen LogP contribution in [0, 0.1) is 0 Å². The zero-order chi connectivity index (χ0) is 12.6. The van der Waals surface area contributed by atoms with Gasteiger partial charge in [0.05, 0.1) is 0 Å². The number of hydrogen-bond donors (Lipinski definition) is 0. The van der Waals surface area contributed by atoms with Crippen molar-refractivity contribution in [2.24, 2.45) is 0 Å². The zero-order valence-corrected chi connectivity index (χ0v) is 12.3. The number of nitrogens with zero attached hydrogens (tertiary/aromatic N) is 3. The summed E-state index contributed by atoms with van der Waals surface area (Å²) < 4.78 is 4.86. The lowest BCUT2D eigenvalue weighted by atomic mass is 10.3. The molecule has 0 saturated carbocycles. The summed E-state index contributed by atoms with van der Waals surface area (Å²) >= 11 is 1.93. The monoisotopic (exact) mass is 273 g/mol. The third kappa shape index (κ3) is 2.11. The van der Waals surface area contributed by atoms with Crippen molar-refractivity contribution in [3.8, 4) is 0 Å². The second kappa shape index (κ2) is 4.33. The van der Waals surface area contributed by atoms with Crippen LogP contribution in [-0.4, -0.2) is 22.8 Å². The van der Waals surface area contributed by atoms with Gasteiger partial charge >= 0.3 is 0 Å². The van der Waals surface area contributed by atoms with E-state index in [2.05, 4.69) is 53.5 Å². The van der Waals surface area contributed by atoms with Crippen LogP contribution in [0.5, 0.6) is 0 Å². The van der Waals surface area contributed by atoms with Gasteiger partial charge in [0.2, 0.25) is 0 Å². The maximum atomic E-state index is 4.23. The minimum Gasteiger partial charge on any atom is -0.255 e. The fourth-order valence-electron chi connectivity index (χ4n) is 2.11. The number of aromatic nitrogens is 3. The standard InChI is InChI=1S/C13H15N3SSi/c1-18(2,10-16-9-14-8-15-16)13-7-11-5-3-4-6-12(11)17-13/h3-9H,10H2,1-2H3. The molecule has 3 nitrogen and oxygen atoms in total. The van der Waals surface area contributed by atoms with Crippen molar-refractivity contribution in [1.82, 2.24) is 14.8 Å². The van der Waals surface area contributed by atoms with Crippen molar-refractivity contribution in [2.75, 3.05) is 0 Å². The molecule has 0 amide bonds. The Kier molecular flexibility index (Phi) is 2.79. The second-order valence-corrected chi connectivity index (χ2v) is 11.2. The molecular formula is C13H15N3SSi. The smallest absolute Gasteiger partial charge is 0.137 e. The predicted molar refractivity (Wildman–Crippen MR) is 79.0 cm³/mol. The molecule has 0 spiro atoms. The fourth-order valence-corrected chi connectivity index (χ4v) is 6.23. The van der Waals surface area contributed by atoms with Gasteiger partial charge in [-0.1, -0.05) is 31.3 Å². The van der Waals surface area contributed by atoms with Crippen molar-refractivity contribution in [3.05, 3.63) is 43.0 Å². The van der Waals surface area contributed by atoms with E-state index >= 15 is 0 Å². The summed E-state index contributed by atoms with van der Waals surface area (Å²) in [4.78, 5) is 4.02. The lowest BCUT2D eigenvalue weighted by Gasteiger charge is -2.19. The molecule has 3 aromatic rings. The van der Waals surface area contributed by atoms with E-state index in [4.69, 9.17) is 0 Å². The number of thiophene rings is 1. The topological polar surface area (TPSA) is 30.7 Å². The summed E-state index contributed by atoms with van der Waals surface area (Å²) in [6.07, 6.45) is 4.40. The van der Waals surface area contributed by atoms with Gasteiger partial charge in [-0.05, 0) is 22.0 Å². The van der Waals surface area contributed by atoms with E-state index in [1.165, 1.54) is 14.6 Å². The quantitative estimate of drug-likeness (QED) is 0.687. The highest BCUT2D eigenvalue weighted by Gasteiger charge is 2.26. The van der Waals surface area contributed by atoms with Crippen LogP contribution in [0.3, 0.4) is 0 Å². The molecule has 1 aromatic carbocycles. The predicted octanol–water partition coefficient (Wildman–Crippen LogP) is 2.65. The molecule has 0 N–H and O–H groups in total. The Morgan fingerprint density at radius 3 is 2.83 bits per heavy atom. The van der Waals surface area contributed by atoms with Gasteiger partial charge in [-0.25, -0.2) is 4.98 Å². The summed E-state index contributed by atoms with van der Waals surface area (Å²) in [6.45, 7) is 4.78. The molecule has 0 unspecified atom stereocenters. The molecule has 0 aliphatic rings. The van der Waals surface area contributed by atoms with E-state index in [0.717, 1.165) is 6.17 Å². The van der Waals surface area contributed by atoms with E-state index < -0.39 is 8.07 Å². The first kappa shape index (κ1) is 11.6. The molecule has 0 radical (unpaired) electrons. The number of hydrogen-bond acceptors (Lipinski definition) is 3. The average Bonchev–Trinajstić information content (AvgIpc) is 2.96. The lowest BCUT2D eigenvalue weighted by molar-refractivity contribution is 0.726. The van der Waals surface area contributed by atoms with Crippen LogP contribution < -0.4 is 4.50 Å². The normalized spacial score (nSPS) is 12.1. The number of fused-ring (bicyclic) bond motifs is 1. The molecule has 0 aliphatic carbocycles. The van der Waals surface area contributed by atoms with Gasteiger partial charge in [-0.15, -0.1) is 11.3 Å². The molecule has 0 saturated heterocycles. The van der Waals surface area contributed by atoms with Crippen LogP contribution in [0.4, 0.5) is 0 Å². The average molecular weight is 273 g/mol. The van der Waals surface area contributed by atoms with E-state index in [1.807, 2.05) is 22.3 Å². The molecule has 92 valence electrons. The van der Waals surface area contributed by atoms with Crippen LogP contribution in [0.1, 0.15) is 0 Å². The Bertz CT molecular complexity index is 625. The van der Waals surface area contributed by atoms with Crippen molar-refractivity contribution in [3.63, 3.8) is 0 Å². The van der Waals surface area contributed by atoms with E-state index in [-0.39, 0.29) is 0 Å². The molecule has 3 rings (SSSR count). The molecule has 0 aliphatic heterocycles. The second-order valence-electron chi connectivity index (χ2n) is 5.13. The van der Waals surface area contributed by atoms with Crippen molar-refractivity contribution in [1.29, 1.82) is 0 Å². The Hall–Kier alpha value is -1.46. The van der Waals surface area contributed by atoms with Gasteiger partial charge in [0.25, 0.3) is 0 Å². The fraction of sp³-hybridized carbons (Fsp3) is 0.231. The summed E-state index contributed by atoms with van der Waals surface area (Å²) in [5, 5.41) is 5.58. The Labute approximate surface area is 111 Å².